The number of aliphatic hydroxyl groups is 1. The van der Waals surface area contributed by atoms with Crippen LogP contribution in [0.15, 0.2) is 23.8 Å². The summed E-state index contributed by atoms with van der Waals surface area (Å²) in [5.74, 6) is 0.00964. The number of aromatic amines is 1. The molecule has 3 rings (SSSR count). The summed E-state index contributed by atoms with van der Waals surface area (Å²) < 4.78 is 13.0. The van der Waals surface area contributed by atoms with E-state index in [1.165, 1.54) is 6.33 Å². The highest BCUT2D eigenvalue weighted by Crippen LogP contribution is 2.32. The molecule has 3 heterocycles. The number of nitrogen functional groups attached to an aromatic ring is 1. The topological polar surface area (TPSA) is 128 Å². The van der Waals surface area contributed by atoms with Crippen molar-refractivity contribution >= 4 is 17.1 Å². The molecule has 0 radical (unpaired) electrons. The molecule has 0 bridgehead atoms. The number of imidazole rings is 1. The van der Waals surface area contributed by atoms with Gasteiger partial charge in [-0.3, -0.25) is 14.3 Å². The van der Waals surface area contributed by atoms with Crippen molar-refractivity contribution in [2.24, 2.45) is 0 Å². The van der Waals surface area contributed by atoms with Gasteiger partial charge in [0.15, 0.2) is 11.2 Å². The zero-order valence-corrected chi connectivity index (χ0v) is 11.8. The van der Waals surface area contributed by atoms with Gasteiger partial charge in [-0.25, -0.2) is 4.98 Å². The van der Waals surface area contributed by atoms with Crippen molar-refractivity contribution < 1.29 is 14.6 Å². The smallest absolute Gasteiger partial charge is 0.280 e. The average molecular weight is 307 g/mol. The van der Waals surface area contributed by atoms with Crippen LogP contribution in [0, 0.1) is 0 Å². The highest BCUT2D eigenvalue weighted by Gasteiger charge is 2.37. The number of aromatic nitrogens is 4. The Morgan fingerprint density at radius 2 is 2.50 bits per heavy atom. The van der Waals surface area contributed by atoms with E-state index in [-0.39, 0.29) is 24.2 Å². The van der Waals surface area contributed by atoms with Gasteiger partial charge in [0.2, 0.25) is 5.95 Å². The molecule has 3 atom stereocenters. The first-order valence-corrected chi connectivity index (χ1v) is 6.85. The van der Waals surface area contributed by atoms with Gasteiger partial charge in [0, 0.05) is 6.42 Å². The molecule has 2 aromatic rings. The summed E-state index contributed by atoms with van der Waals surface area (Å²) >= 11 is 0. The van der Waals surface area contributed by atoms with Crippen LogP contribution in [0.25, 0.3) is 11.2 Å². The van der Waals surface area contributed by atoms with Gasteiger partial charge in [-0.1, -0.05) is 6.08 Å². The Kier molecular flexibility index (Phi) is 3.92. The maximum atomic E-state index is 11.8. The Morgan fingerprint density at radius 1 is 1.68 bits per heavy atom. The Hall–Kier alpha value is -2.23. The van der Waals surface area contributed by atoms with E-state index in [0.29, 0.717) is 18.7 Å². The van der Waals surface area contributed by atoms with Gasteiger partial charge in [0.25, 0.3) is 5.56 Å². The fourth-order valence-electron chi connectivity index (χ4n) is 2.56. The zero-order chi connectivity index (χ0) is 15.7. The van der Waals surface area contributed by atoms with E-state index in [9.17, 15) is 9.90 Å². The standard InChI is InChI=1S/C13H17N5O4/c1-2-3-21-7-4-9(22-8(7)5-19)18-6-15-10-11(18)16-13(14)17-12(10)20/h2,6-9,19H,1,3-5H2,(H3,14,16,17,20)/t7-,8-,9-/m1/s1. The van der Waals surface area contributed by atoms with Crippen molar-refractivity contribution in [3.05, 3.63) is 29.3 Å². The Balaban J connectivity index is 1.92. The Morgan fingerprint density at radius 3 is 3.23 bits per heavy atom. The molecule has 0 spiro atoms. The molecule has 9 nitrogen and oxygen atoms in total. The summed E-state index contributed by atoms with van der Waals surface area (Å²) in [7, 11) is 0. The van der Waals surface area contributed by atoms with E-state index in [1.807, 2.05) is 0 Å². The van der Waals surface area contributed by atoms with Crippen LogP contribution in [0.3, 0.4) is 0 Å². The Labute approximate surface area is 125 Å². The van der Waals surface area contributed by atoms with E-state index >= 15 is 0 Å². The van der Waals surface area contributed by atoms with Gasteiger partial charge in [0.05, 0.1) is 25.6 Å². The Bertz CT molecular complexity index is 740. The van der Waals surface area contributed by atoms with Crippen molar-refractivity contribution in [1.82, 2.24) is 19.5 Å². The van der Waals surface area contributed by atoms with E-state index in [2.05, 4.69) is 21.5 Å². The SMILES string of the molecule is C=CCO[C@@H]1C[C@H](n2cnc3c(=O)[nH]c(N)nc32)O[C@@H]1CO. The normalized spacial score (nSPS) is 24.9. The van der Waals surface area contributed by atoms with Crippen LogP contribution < -0.4 is 11.3 Å². The lowest BCUT2D eigenvalue weighted by Gasteiger charge is -2.15. The first kappa shape index (κ1) is 14.7. The fraction of sp³-hybridized carbons (Fsp3) is 0.462. The third-order valence-electron chi connectivity index (χ3n) is 3.55. The zero-order valence-electron chi connectivity index (χ0n) is 11.8. The number of fused-ring (bicyclic) bond motifs is 1. The molecule has 1 aliphatic rings. The van der Waals surface area contributed by atoms with E-state index in [4.69, 9.17) is 15.2 Å². The number of nitrogens with one attached hydrogen (secondary N) is 1. The summed E-state index contributed by atoms with van der Waals surface area (Å²) in [5.41, 5.74) is 5.70. The minimum atomic E-state index is -0.457. The molecule has 9 heteroatoms. The van der Waals surface area contributed by atoms with Crippen LogP contribution in [-0.2, 0) is 9.47 Å². The van der Waals surface area contributed by atoms with Gasteiger partial charge >= 0.3 is 0 Å². The minimum Gasteiger partial charge on any atom is -0.394 e. The average Bonchev–Trinajstić information content (AvgIpc) is 3.08. The molecule has 0 unspecified atom stereocenters. The molecule has 0 aliphatic carbocycles. The van der Waals surface area contributed by atoms with Crippen LogP contribution in [0.2, 0.25) is 0 Å². The quantitative estimate of drug-likeness (QED) is 0.638. The van der Waals surface area contributed by atoms with E-state index in [1.54, 1.807) is 10.6 Å². The number of ether oxygens (including phenoxy) is 2. The maximum absolute atomic E-state index is 11.8. The first-order valence-electron chi connectivity index (χ1n) is 6.85. The van der Waals surface area contributed by atoms with Crippen molar-refractivity contribution in [3.8, 4) is 0 Å². The predicted octanol–water partition coefficient (Wildman–Crippen LogP) is -0.447. The summed E-state index contributed by atoms with van der Waals surface area (Å²) in [6, 6.07) is 0. The number of H-pyrrole nitrogens is 1. The highest BCUT2D eigenvalue weighted by molar-refractivity contribution is 5.70. The van der Waals surface area contributed by atoms with Crippen molar-refractivity contribution in [1.29, 1.82) is 0 Å². The molecule has 1 fully saturated rings. The number of hydrogen-bond donors (Lipinski definition) is 3. The number of rotatable bonds is 5. The number of aliphatic hydroxyl groups excluding tert-OH is 1. The van der Waals surface area contributed by atoms with Crippen LogP contribution in [-0.4, -0.2) is 50.0 Å². The third kappa shape index (κ3) is 2.49. The second kappa shape index (κ2) is 5.87. The molecular formula is C13H17N5O4. The second-order valence-electron chi connectivity index (χ2n) is 4.98. The van der Waals surface area contributed by atoms with Crippen molar-refractivity contribution in [2.75, 3.05) is 18.9 Å². The lowest BCUT2D eigenvalue weighted by Crippen LogP contribution is -2.27. The van der Waals surface area contributed by atoms with Crippen LogP contribution in [0.4, 0.5) is 5.95 Å². The van der Waals surface area contributed by atoms with Gasteiger partial charge in [0.1, 0.15) is 12.3 Å². The summed E-state index contributed by atoms with van der Waals surface area (Å²) in [6.07, 6.45) is 2.44. The molecule has 118 valence electrons. The number of anilines is 1. The maximum Gasteiger partial charge on any atom is 0.280 e. The predicted molar refractivity (Wildman–Crippen MR) is 78.1 cm³/mol. The summed E-state index contributed by atoms with van der Waals surface area (Å²) in [4.78, 5) is 22.3. The monoisotopic (exact) mass is 307 g/mol. The first-order chi connectivity index (χ1) is 10.6. The molecule has 0 amide bonds. The third-order valence-corrected chi connectivity index (χ3v) is 3.55. The molecule has 1 saturated heterocycles. The van der Waals surface area contributed by atoms with Gasteiger partial charge in [-0.05, 0) is 0 Å². The van der Waals surface area contributed by atoms with Crippen LogP contribution >= 0.6 is 0 Å². The number of hydrogen-bond acceptors (Lipinski definition) is 7. The molecule has 2 aromatic heterocycles. The molecule has 22 heavy (non-hydrogen) atoms. The highest BCUT2D eigenvalue weighted by atomic mass is 16.6. The van der Waals surface area contributed by atoms with E-state index in [0.717, 1.165) is 0 Å². The molecule has 4 N–H and O–H groups in total. The molecule has 0 saturated carbocycles. The molecule has 1 aliphatic heterocycles. The van der Waals surface area contributed by atoms with E-state index < -0.39 is 17.9 Å². The molecular weight excluding hydrogens is 290 g/mol. The number of nitrogens with two attached hydrogens (primary N) is 1. The number of nitrogens with zero attached hydrogens (tertiary/aromatic N) is 3. The van der Waals surface area contributed by atoms with Crippen LogP contribution in [0.5, 0.6) is 0 Å². The van der Waals surface area contributed by atoms with Crippen molar-refractivity contribution in [2.45, 2.75) is 24.9 Å². The summed E-state index contributed by atoms with van der Waals surface area (Å²) in [5, 5.41) is 9.41. The minimum absolute atomic E-state index is 0.00964. The largest absolute Gasteiger partial charge is 0.394 e. The fourth-order valence-corrected chi connectivity index (χ4v) is 2.56. The van der Waals surface area contributed by atoms with Gasteiger partial charge in [-0.2, -0.15) is 4.98 Å². The van der Waals surface area contributed by atoms with Crippen LogP contribution in [0.1, 0.15) is 12.6 Å². The lowest BCUT2D eigenvalue weighted by atomic mass is 10.2. The summed E-state index contributed by atoms with van der Waals surface area (Å²) in [6.45, 7) is 3.80. The molecule has 0 aromatic carbocycles. The lowest BCUT2D eigenvalue weighted by molar-refractivity contribution is -0.0561. The second-order valence-corrected chi connectivity index (χ2v) is 4.98. The van der Waals surface area contributed by atoms with Crippen molar-refractivity contribution in [3.63, 3.8) is 0 Å². The van der Waals surface area contributed by atoms with Gasteiger partial charge < -0.3 is 20.3 Å². The van der Waals surface area contributed by atoms with Gasteiger partial charge in [-0.15, -0.1) is 6.58 Å².